The maximum absolute atomic E-state index is 12.5. The van der Waals surface area contributed by atoms with Crippen LogP contribution in [0, 0.1) is 0 Å². The monoisotopic (exact) mass is 336 g/mol. The number of aromatic carboxylic acids is 1. The molecule has 2 amide bonds. The van der Waals surface area contributed by atoms with E-state index in [1.165, 1.54) is 47.4 Å². The number of carbonyl (C=O) groups is 4. The lowest BCUT2D eigenvalue weighted by Gasteiger charge is -2.11. The van der Waals surface area contributed by atoms with Crippen LogP contribution < -0.4 is 5.11 Å². The number of hydrogen-bond acceptors (Lipinski definition) is 5. The zero-order valence-electron chi connectivity index (χ0n) is 13.4. The van der Waals surface area contributed by atoms with Gasteiger partial charge in [-0.15, -0.1) is 0 Å². The van der Waals surface area contributed by atoms with Crippen molar-refractivity contribution < 1.29 is 24.3 Å². The molecule has 2 aromatic carbocycles. The molecule has 0 bridgehead atoms. The van der Waals surface area contributed by atoms with Gasteiger partial charge in [0.25, 0.3) is 11.8 Å². The first-order valence-electron chi connectivity index (χ1n) is 7.80. The van der Waals surface area contributed by atoms with E-state index in [-0.39, 0.29) is 33.9 Å². The maximum Gasteiger partial charge on any atom is 0.261 e. The number of imide groups is 1. The summed E-state index contributed by atoms with van der Waals surface area (Å²) in [4.78, 5) is 49.0. The Balaban J connectivity index is 1.93. The second-order valence-electron chi connectivity index (χ2n) is 5.72. The van der Waals surface area contributed by atoms with Gasteiger partial charge >= 0.3 is 0 Å². The molecule has 0 saturated heterocycles. The molecule has 25 heavy (non-hydrogen) atoms. The molecule has 0 saturated carbocycles. The smallest absolute Gasteiger partial charge is 0.261 e. The van der Waals surface area contributed by atoms with Gasteiger partial charge in [0.1, 0.15) is 0 Å². The summed E-state index contributed by atoms with van der Waals surface area (Å²) >= 11 is 0. The molecule has 0 N–H and O–H groups in total. The molecule has 0 radical (unpaired) electrons. The molecule has 3 rings (SSSR count). The number of carboxylic acids is 1. The topological polar surface area (TPSA) is 94.6 Å². The van der Waals surface area contributed by atoms with Crippen molar-refractivity contribution >= 4 is 23.6 Å². The van der Waals surface area contributed by atoms with Gasteiger partial charge in [-0.3, -0.25) is 19.3 Å². The lowest BCUT2D eigenvalue weighted by molar-refractivity contribution is -0.255. The first kappa shape index (κ1) is 16.6. The van der Waals surface area contributed by atoms with E-state index in [0.29, 0.717) is 18.5 Å². The van der Waals surface area contributed by atoms with E-state index in [1.54, 1.807) is 0 Å². The molecular weight excluding hydrogens is 322 g/mol. The Morgan fingerprint density at radius 3 is 2.04 bits per heavy atom. The molecule has 126 valence electrons. The molecule has 0 aromatic heterocycles. The van der Waals surface area contributed by atoms with Crippen LogP contribution in [0.25, 0.3) is 0 Å². The van der Waals surface area contributed by atoms with E-state index in [0.717, 1.165) is 0 Å². The van der Waals surface area contributed by atoms with Gasteiger partial charge in [0.15, 0.2) is 5.78 Å². The van der Waals surface area contributed by atoms with Crippen LogP contribution in [-0.2, 0) is 0 Å². The van der Waals surface area contributed by atoms with Crippen LogP contribution >= 0.6 is 0 Å². The van der Waals surface area contributed by atoms with Gasteiger partial charge in [-0.2, -0.15) is 0 Å². The summed E-state index contributed by atoms with van der Waals surface area (Å²) in [6.45, 7) is 2.20. The van der Waals surface area contributed by atoms with E-state index < -0.39 is 11.9 Å². The van der Waals surface area contributed by atoms with E-state index in [9.17, 15) is 24.3 Å². The van der Waals surface area contributed by atoms with E-state index in [2.05, 4.69) is 0 Å². The standard InChI is InChI=1S/C19H15NO5/c1-2-9-20-17(22)14-8-7-13(10-15(14)18(20)23)16(21)11-3-5-12(6-4-11)19(24)25/h3-8,10H,2,9H2,1H3,(H,24,25)/p-1. The van der Waals surface area contributed by atoms with Crippen molar-refractivity contribution in [1.82, 2.24) is 4.90 Å². The summed E-state index contributed by atoms with van der Waals surface area (Å²) in [7, 11) is 0. The Hall–Kier alpha value is -3.28. The second-order valence-corrected chi connectivity index (χ2v) is 5.72. The highest BCUT2D eigenvalue weighted by Crippen LogP contribution is 2.25. The predicted molar refractivity (Wildman–Crippen MR) is 86.3 cm³/mol. The van der Waals surface area contributed by atoms with Crippen molar-refractivity contribution in [3.8, 4) is 0 Å². The number of rotatable bonds is 5. The van der Waals surface area contributed by atoms with Crippen LogP contribution in [0.4, 0.5) is 0 Å². The number of fused-ring (bicyclic) bond motifs is 1. The molecule has 6 nitrogen and oxygen atoms in total. The molecule has 0 aliphatic carbocycles. The van der Waals surface area contributed by atoms with Gasteiger partial charge in [-0.1, -0.05) is 37.3 Å². The number of benzene rings is 2. The Morgan fingerprint density at radius 2 is 1.44 bits per heavy atom. The van der Waals surface area contributed by atoms with Gasteiger partial charge in [0.05, 0.1) is 17.1 Å². The van der Waals surface area contributed by atoms with Crippen LogP contribution in [0.15, 0.2) is 42.5 Å². The quantitative estimate of drug-likeness (QED) is 0.606. The number of carboxylic acid groups (broad SMARTS) is 1. The van der Waals surface area contributed by atoms with Crippen LogP contribution in [0.5, 0.6) is 0 Å². The Bertz CT molecular complexity index is 899. The lowest BCUT2D eigenvalue weighted by atomic mass is 9.98. The highest BCUT2D eigenvalue weighted by Gasteiger charge is 2.35. The molecule has 0 spiro atoms. The summed E-state index contributed by atoms with van der Waals surface area (Å²) in [6, 6.07) is 9.73. The van der Waals surface area contributed by atoms with E-state index in [4.69, 9.17) is 0 Å². The van der Waals surface area contributed by atoms with Crippen molar-refractivity contribution in [3.63, 3.8) is 0 Å². The summed E-state index contributed by atoms with van der Waals surface area (Å²) in [6.07, 6.45) is 0.655. The van der Waals surface area contributed by atoms with Gasteiger partial charge in [-0.05, 0) is 24.1 Å². The molecule has 1 heterocycles. The van der Waals surface area contributed by atoms with Crippen LogP contribution in [0.1, 0.15) is 60.3 Å². The Morgan fingerprint density at radius 1 is 0.880 bits per heavy atom. The highest BCUT2D eigenvalue weighted by molar-refractivity contribution is 6.22. The molecule has 6 heteroatoms. The van der Waals surface area contributed by atoms with Crippen molar-refractivity contribution in [3.05, 3.63) is 70.3 Å². The average Bonchev–Trinajstić information content (AvgIpc) is 2.86. The van der Waals surface area contributed by atoms with Crippen LogP contribution in [0.3, 0.4) is 0 Å². The fourth-order valence-electron chi connectivity index (χ4n) is 2.78. The minimum Gasteiger partial charge on any atom is -0.545 e. The van der Waals surface area contributed by atoms with E-state index in [1.807, 2.05) is 6.92 Å². The minimum atomic E-state index is -1.32. The Kier molecular flexibility index (Phi) is 4.19. The van der Waals surface area contributed by atoms with Crippen LogP contribution in [-0.4, -0.2) is 35.0 Å². The molecule has 0 atom stereocenters. The van der Waals surface area contributed by atoms with Crippen LogP contribution in [0.2, 0.25) is 0 Å². The van der Waals surface area contributed by atoms with Gasteiger partial charge < -0.3 is 9.90 Å². The van der Waals surface area contributed by atoms with Gasteiger partial charge in [0, 0.05) is 17.7 Å². The summed E-state index contributed by atoms with van der Waals surface area (Å²) in [5, 5.41) is 10.8. The molecule has 1 aliphatic rings. The highest BCUT2D eigenvalue weighted by atomic mass is 16.4. The SMILES string of the molecule is CCCN1C(=O)c2ccc(C(=O)c3ccc(C(=O)[O-])cc3)cc2C1=O. The van der Waals surface area contributed by atoms with Crippen molar-refractivity contribution in [1.29, 1.82) is 0 Å². The predicted octanol–water partition coefficient (Wildman–Crippen LogP) is 1.29. The fraction of sp³-hybridized carbons (Fsp3) is 0.158. The number of carbonyl (C=O) groups excluding carboxylic acids is 4. The first-order chi connectivity index (χ1) is 11.9. The zero-order chi connectivity index (χ0) is 18.1. The lowest BCUT2D eigenvalue weighted by Crippen LogP contribution is -2.30. The van der Waals surface area contributed by atoms with Crippen molar-refractivity contribution in [2.45, 2.75) is 13.3 Å². The van der Waals surface area contributed by atoms with Gasteiger partial charge in [-0.25, -0.2) is 0 Å². The molecular formula is C19H14NO5-. The third kappa shape index (κ3) is 2.82. The number of nitrogens with zero attached hydrogens (tertiary/aromatic N) is 1. The third-order valence-electron chi connectivity index (χ3n) is 4.06. The summed E-state index contributed by atoms with van der Waals surface area (Å²) in [5.41, 5.74) is 1.03. The fourth-order valence-corrected chi connectivity index (χ4v) is 2.78. The largest absolute Gasteiger partial charge is 0.545 e. The van der Waals surface area contributed by atoms with Gasteiger partial charge in [0.2, 0.25) is 0 Å². The molecule has 0 unspecified atom stereocenters. The maximum atomic E-state index is 12.5. The molecule has 0 fully saturated rings. The Labute approximate surface area is 143 Å². The molecule has 1 aliphatic heterocycles. The number of hydrogen-bond donors (Lipinski definition) is 0. The zero-order valence-corrected chi connectivity index (χ0v) is 13.4. The normalized spacial score (nSPS) is 13.1. The summed E-state index contributed by atoms with van der Waals surface area (Å²) < 4.78 is 0. The van der Waals surface area contributed by atoms with Crippen molar-refractivity contribution in [2.75, 3.05) is 6.54 Å². The summed E-state index contributed by atoms with van der Waals surface area (Å²) in [5.74, 6) is -2.43. The number of amides is 2. The third-order valence-corrected chi connectivity index (χ3v) is 4.06. The number of ketones is 1. The van der Waals surface area contributed by atoms with E-state index >= 15 is 0 Å². The molecule has 2 aromatic rings. The second kappa shape index (κ2) is 6.32. The van der Waals surface area contributed by atoms with Crippen molar-refractivity contribution in [2.24, 2.45) is 0 Å². The average molecular weight is 336 g/mol. The first-order valence-corrected chi connectivity index (χ1v) is 7.80. The minimum absolute atomic E-state index is 0.0264.